The number of carbonyl (C=O) groups is 1. The maximum absolute atomic E-state index is 13.9. The zero-order valence-electron chi connectivity index (χ0n) is 17.3. The van der Waals surface area contributed by atoms with Crippen LogP contribution in [0.15, 0.2) is 72.1 Å². The van der Waals surface area contributed by atoms with E-state index in [0.29, 0.717) is 16.4 Å². The van der Waals surface area contributed by atoms with E-state index in [0.717, 1.165) is 23.0 Å². The van der Waals surface area contributed by atoms with Gasteiger partial charge in [0.1, 0.15) is 9.71 Å². The first-order valence-corrected chi connectivity index (χ1v) is 11.7. The summed E-state index contributed by atoms with van der Waals surface area (Å²) in [5.74, 6) is -0.635. The Kier molecular flexibility index (Phi) is 5.54. The van der Waals surface area contributed by atoms with Crippen LogP contribution in [0.1, 0.15) is 15.2 Å². The maximum Gasteiger partial charge on any atom is 0.417 e. The predicted octanol–water partition coefficient (Wildman–Crippen LogP) is 6.94. The molecule has 0 atom stereocenters. The number of carbonyl (C=O) groups excluding carboxylic acids is 1. The number of hydrogen-bond donors (Lipinski definition) is 2. The van der Waals surface area contributed by atoms with Gasteiger partial charge in [-0.05, 0) is 6.07 Å². The van der Waals surface area contributed by atoms with Crippen LogP contribution < -0.4 is 11.1 Å². The summed E-state index contributed by atoms with van der Waals surface area (Å²) in [6, 6.07) is 18.9. The lowest BCUT2D eigenvalue weighted by molar-refractivity contribution is -0.136. The molecule has 34 heavy (non-hydrogen) atoms. The van der Waals surface area contributed by atoms with E-state index in [1.165, 1.54) is 11.3 Å². The summed E-state index contributed by atoms with van der Waals surface area (Å²) in [7, 11) is 0. The lowest BCUT2D eigenvalue weighted by Gasteiger charge is -2.11. The smallest absolute Gasteiger partial charge is 0.397 e. The van der Waals surface area contributed by atoms with Crippen molar-refractivity contribution in [3.63, 3.8) is 0 Å². The van der Waals surface area contributed by atoms with E-state index in [9.17, 15) is 18.0 Å². The highest BCUT2D eigenvalue weighted by molar-refractivity contribution is 7.21. The highest BCUT2D eigenvalue weighted by atomic mass is 32.1. The molecule has 10 heteroatoms. The van der Waals surface area contributed by atoms with Crippen molar-refractivity contribution in [2.45, 2.75) is 6.18 Å². The highest BCUT2D eigenvalue weighted by Gasteiger charge is 2.36. The lowest BCUT2D eigenvalue weighted by Crippen LogP contribution is -2.12. The van der Waals surface area contributed by atoms with Gasteiger partial charge in [0.25, 0.3) is 5.91 Å². The van der Waals surface area contributed by atoms with Crippen molar-refractivity contribution in [3.8, 4) is 22.5 Å². The first-order chi connectivity index (χ1) is 16.3. The average Bonchev–Trinajstić information content (AvgIpc) is 3.43. The monoisotopic (exact) mass is 496 g/mol. The molecule has 3 aromatic heterocycles. The molecule has 0 fully saturated rings. The molecule has 0 aliphatic carbocycles. The van der Waals surface area contributed by atoms with E-state index in [1.54, 1.807) is 35.7 Å². The summed E-state index contributed by atoms with van der Waals surface area (Å²) >= 11 is 2.03. The molecule has 0 spiro atoms. The van der Waals surface area contributed by atoms with Crippen molar-refractivity contribution in [2.75, 3.05) is 11.1 Å². The van der Waals surface area contributed by atoms with Crippen LogP contribution >= 0.6 is 22.7 Å². The fourth-order valence-electron chi connectivity index (χ4n) is 3.50. The van der Waals surface area contributed by atoms with Crippen molar-refractivity contribution in [1.82, 2.24) is 9.97 Å². The number of nitrogen functional groups attached to an aromatic ring is 1. The van der Waals surface area contributed by atoms with Gasteiger partial charge in [-0.25, -0.2) is 9.97 Å². The number of amides is 1. The number of aromatic nitrogens is 2. The number of nitrogens with zero attached hydrogens (tertiary/aromatic N) is 2. The second kappa shape index (κ2) is 8.54. The molecule has 170 valence electrons. The van der Waals surface area contributed by atoms with E-state index in [4.69, 9.17) is 5.73 Å². The molecule has 0 aliphatic heterocycles. The standard InChI is InChI=1S/C24H15F3N4OS2/c25-24(26,27)15-11-16(13-7-3-1-4-8-13)29-22-18(15)19(28)20(34-22)21(32)31-23-30-17(12-33-23)14-9-5-2-6-10-14/h1-12H,28H2,(H,30,31,32). The third-order valence-corrected chi connectivity index (χ3v) is 6.93. The van der Waals surface area contributed by atoms with Gasteiger partial charge in [0.15, 0.2) is 5.13 Å². The van der Waals surface area contributed by atoms with Gasteiger partial charge in [-0.1, -0.05) is 60.7 Å². The van der Waals surface area contributed by atoms with Gasteiger partial charge in [-0.2, -0.15) is 13.2 Å². The first-order valence-electron chi connectivity index (χ1n) is 9.99. The van der Waals surface area contributed by atoms with E-state index in [2.05, 4.69) is 15.3 Å². The Balaban J connectivity index is 1.53. The predicted molar refractivity (Wildman–Crippen MR) is 130 cm³/mol. The van der Waals surface area contributed by atoms with Crippen molar-refractivity contribution in [2.24, 2.45) is 0 Å². The molecule has 0 saturated heterocycles. The fourth-order valence-corrected chi connectivity index (χ4v) is 5.23. The van der Waals surface area contributed by atoms with Gasteiger partial charge in [-0.3, -0.25) is 10.1 Å². The van der Waals surface area contributed by atoms with E-state index in [-0.39, 0.29) is 26.5 Å². The Bertz CT molecular complexity index is 1500. The molecule has 0 saturated carbocycles. The number of thiazole rings is 1. The van der Waals surface area contributed by atoms with Crippen LogP contribution in [0.4, 0.5) is 24.0 Å². The van der Waals surface area contributed by atoms with Gasteiger partial charge in [0.2, 0.25) is 0 Å². The van der Waals surface area contributed by atoms with E-state index in [1.807, 2.05) is 30.3 Å². The van der Waals surface area contributed by atoms with Crippen LogP contribution in [-0.2, 0) is 6.18 Å². The zero-order chi connectivity index (χ0) is 23.9. The van der Waals surface area contributed by atoms with E-state index < -0.39 is 17.6 Å². The second-order valence-corrected chi connectivity index (χ2v) is 9.16. The Morgan fingerprint density at radius 2 is 1.53 bits per heavy atom. The van der Waals surface area contributed by atoms with Crippen molar-refractivity contribution in [3.05, 3.63) is 82.6 Å². The Labute approximate surface area is 199 Å². The molecular formula is C24H15F3N4OS2. The van der Waals surface area contributed by atoms with Gasteiger partial charge in [-0.15, -0.1) is 22.7 Å². The molecule has 0 aliphatic rings. The summed E-state index contributed by atoms with van der Waals surface area (Å²) in [6.45, 7) is 0. The SMILES string of the molecule is Nc1c(C(=O)Nc2nc(-c3ccccc3)cs2)sc2nc(-c3ccccc3)cc(C(F)(F)F)c12. The molecule has 3 N–H and O–H groups in total. The van der Waals surface area contributed by atoms with Crippen LogP contribution in [0.3, 0.4) is 0 Å². The third kappa shape index (κ3) is 4.13. The largest absolute Gasteiger partial charge is 0.417 e. The normalized spacial score (nSPS) is 11.6. The van der Waals surface area contributed by atoms with Gasteiger partial charge < -0.3 is 5.73 Å². The average molecular weight is 497 g/mol. The number of benzene rings is 2. The maximum atomic E-state index is 13.9. The zero-order valence-corrected chi connectivity index (χ0v) is 18.9. The minimum absolute atomic E-state index is 0.0421. The molecule has 3 heterocycles. The summed E-state index contributed by atoms with van der Waals surface area (Å²) in [4.78, 5) is 21.7. The number of nitrogens with one attached hydrogen (secondary N) is 1. The minimum Gasteiger partial charge on any atom is -0.397 e. The number of thiophene rings is 1. The molecular weight excluding hydrogens is 481 g/mol. The fraction of sp³-hybridized carbons (Fsp3) is 0.0417. The van der Waals surface area contributed by atoms with Crippen molar-refractivity contribution in [1.29, 1.82) is 0 Å². The minimum atomic E-state index is -4.67. The van der Waals surface area contributed by atoms with Gasteiger partial charge in [0.05, 0.1) is 22.6 Å². The van der Waals surface area contributed by atoms with Crippen molar-refractivity contribution < 1.29 is 18.0 Å². The first kappa shape index (κ1) is 22.1. The summed E-state index contributed by atoms with van der Waals surface area (Å²) in [5, 5.41) is 4.47. The van der Waals surface area contributed by atoms with Crippen LogP contribution in [0.25, 0.3) is 32.7 Å². The molecule has 0 bridgehead atoms. The molecule has 5 aromatic rings. The number of rotatable bonds is 4. The second-order valence-electron chi connectivity index (χ2n) is 7.30. The number of nitrogens with two attached hydrogens (primary N) is 1. The Morgan fingerprint density at radius 3 is 2.15 bits per heavy atom. The quantitative estimate of drug-likeness (QED) is 0.282. The third-order valence-electron chi connectivity index (χ3n) is 5.07. The topological polar surface area (TPSA) is 80.9 Å². The number of hydrogen-bond acceptors (Lipinski definition) is 6. The van der Waals surface area contributed by atoms with Gasteiger partial charge >= 0.3 is 6.18 Å². The number of anilines is 2. The van der Waals surface area contributed by atoms with Crippen LogP contribution in [0.5, 0.6) is 0 Å². The summed E-state index contributed by atoms with van der Waals surface area (Å²) in [6.07, 6.45) is -4.67. The molecule has 1 amide bonds. The number of alkyl halides is 3. The van der Waals surface area contributed by atoms with Crippen LogP contribution in [0.2, 0.25) is 0 Å². The van der Waals surface area contributed by atoms with E-state index >= 15 is 0 Å². The van der Waals surface area contributed by atoms with Crippen molar-refractivity contribution >= 4 is 49.6 Å². The molecule has 0 unspecified atom stereocenters. The molecule has 2 aromatic carbocycles. The molecule has 0 radical (unpaired) electrons. The number of fused-ring (bicyclic) bond motifs is 1. The molecule has 5 rings (SSSR count). The van der Waals surface area contributed by atoms with Crippen LogP contribution in [-0.4, -0.2) is 15.9 Å². The summed E-state index contributed by atoms with van der Waals surface area (Å²) < 4.78 is 41.8. The Hall–Kier alpha value is -3.76. The summed E-state index contributed by atoms with van der Waals surface area (Å²) in [5.41, 5.74) is 7.14. The Morgan fingerprint density at radius 1 is 0.912 bits per heavy atom. The number of pyridine rings is 1. The number of halogens is 3. The van der Waals surface area contributed by atoms with Crippen LogP contribution in [0, 0.1) is 0 Å². The molecule has 5 nitrogen and oxygen atoms in total. The lowest BCUT2D eigenvalue weighted by atomic mass is 10.1. The highest BCUT2D eigenvalue weighted by Crippen LogP contribution is 2.43. The van der Waals surface area contributed by atoms with Gasteiger partial charge in [0, 0.05) is 21.9 Å².